The van der Waals surface area contributed by atoms with E-state index in [0.717, 1.165) is 44.9 Å². The van der Waals surface area contributed by atoms with Crippen LogP contribution in [-0.2, 0) is 27.9 Å². The van der Waals surface area contributed by atoms with Crippen molar-refractivity contribution in [3.05, 3.63) is 48.8 Å². The highest BCUT2D eigenvalue weighted by molar-refractivity contribution is 7.45. The number of phosphoric ester groups is 1. The van der Waals surface area contributed by atoms with Gasteiger partial charge in [0.25, 0.3) is 7.82 Å². The molecule has 0 saturated heterocycles. The first-order chi connectivity index (χ1) is 25.6. The van der Waals surface area contributed by atoms with Gasteiger partial charge in [-0.1, -0.05) is 147 Å². The van der Waals surface area contributed by atoms with E-state index in [0.29, 0.717) is 17.4 Å². The molecular formula is C44H82NO7P. The van der Waals surface area contributed by atoms with Crippen molar-refractivity contribution in [2.75, 3.05) is 47.5 Å². The number of rotatable bonds is 39. The maximum atomic E-state index is 12.4. The van der Waals surface area contributed by atoms with Crippen molar-refractivity contribution in [1.29, 1.82) is 0 Å². The number of likely N-dealkylation sites (N-methyl/N-ethyl adjacent to an activating group) is 1. The molecule has 8 nitrogen and oxygen atoms in total. The number of ether oxygens (including phenoxy) is 2. The molecule has 0 aromatic rings. The summed E-state index contributed by atoms with van der Waals surface area (Å²) in [5.41, 5.74) is 0. The van der Waals surface area contributed by atoms with Crippen molar-refractivity contribution < 1.29 is 37.3 Å². The van der Waals surface area contributed by atoms with E-state index in [-0.39, 0.29) is 25.8 Å². The van der Waals surface area contributed by atoms with Gasteiger partial charge in [0.2, 0.25) is 0 Å². The smallest absolute Gasteiger partial charge is 0.305 e. The number of carbonyl (C=O) groups is 1. The fourth-order valence-electron chi connectivity index (χ4n) is 5.54. The van der Waals surface area contributed by atoms with Crippen LogP contribution in [0.5, 0.6) is 0 Å². The second kappa shape index (κ2) is 37.2. The Morgan fingerprint density at radius 3 is 1.60 bits per heavy atom. The van der Waals surface area contributed by atoms with Crippen molar-refractivity contribution in [2.24, 2.45) is 0 Å². The minimum atomic E-state index is -4.52. The SMILES string of the molecule is CCCCC/C=C\C/C=C\C/C=C\CCCCC(=O)OCC(COP(=O)([O-])OCC[N+](C)(C)C)O/C=C\CCCCCCCCCCCCCCCC. The van der Waals surface area contributed by atoms with Gasteiger partial charge in [0.1, 0.15) is 19.8 Å². The van der Waals surface area contributed by atoms with Crippen LogP contribution in [-0.4, -0.2) is 64.1 Å². The fraction of sp³-hybridized carbons (Fsp3) is 0.795. The van der Waals surface area contributed by atoms with Crippen molar-refractivity contribution in [3.8, 4) is 0 Å². The van der Waals surface area contributed by atoms with Crippen LogP contribution in [0.25, 0.3) is 0 Å². The van der Waals surface area contributed by atoms with Gasteiger partial charge in [-0.05, 0) is 63.9 Å². The molecule has 0 radical (unpaired) electrons. The topological polar surface area (TPSA) is 94.1 Å². The molecule has 53 heavy (non-hydrogen) atoms. The summed E-state index contributed by atoms with van der Waals surface area (Å²) in [6.07, 6.45) is 45.1. The van der Waals surface area contributed by atoms with E-state index in [9.17, 15) is 14.3 Å². The summed E-state index contributed by atoms with van der Waals surface area (Å²) in [4.78, 5) is 24.8. The van der Waals surface area contributed by atoms with E-state index in [4.69, 9.17) is 18.5 Å². The van der Waals surface area contributed by atoms with Crippen molar-refractivity contribution >= 4 is 13.8 Å². The summed E-state index contributed by atoms with van der Waals surface area (Å²) in [5.74, 6) is -0.329. The maximum absolute atomic E-state index is 12.4. The Balaban J connectivity index is 4.37. The van der Waals surface area contributed by atoms with Gasteiger partial charge in [-0.3, -0.25) is 9.36 Å². The van der Waals surface area contributed by atoms with Crippen LogP contribution in [0, 0.1) is 0 Å². The first kappa shape index (κ1) is 51.3. The molecule has 2 atom stereocenters. The molecule has 0 N–H and O–H groups in total. The van der Waals surface area contributed by atoms with Crippen LogP contribution in [0.4, 0.5) is 0 Å². The maximum Gasteiger partial charge on any atom is 0.305 e. The number of unbranched alkanes of at least 4 members (excludes halogenated alkanes) is 19. The molecule has 2 unspecified atom stereocenters. The molecule has 0 saturated carbocycles. The third-order valence-electron chi connectivity index (χ3n) is 8.97. The van der Waals surface area contributed by atoms with Crippen LogP contribution in [0.2, 0.25) is 0 Å². The van der Waals surface area contributed by atoms with Crippen molar-refractivity contribution in [1.82, 2.24) is 0 Å². The Hall–Kier alpha value is -1.70. The number of carbonyl (C=O) groups excluding carboxylic acids is 1. The molecule has 0 bridgehead atoms. The molecule has 0 aromatic carbocycles. The van der Waals surface area contributed by atoms with E-state index in [1.807, 2.05) is 27.2 Å². The second-order valence-corrected chi connectivity index (χ2v) is 16.8. The predicted octanol–water partition coefficient (Wildman–Crippen LogP) is 12.1. The molecule has 0 aliphatic heterocycles. The summed E-state index contributed by atoms with van der Waals surface area (Å²) in [6.45, 7) is 4.64. The zero-order chi connectivity index (χ0) is 39.1. The summed E-state index contributed by atoms with van der Waals surface area (Å²) in [5, 5.41) is 0. The zero-order valence-corrected chi connectivity index (χ0v) is 35.8. The number of hydrogen-bond acceptors (Lipinski definition) is 7. The quantitative estimate of drug-likeness (QED) is 0.0153. The lowest BCUT2D eigenvalue weighted by molar-refractivity contribution is -0.870. The monoisotopic (exact) mass is 768 g/mol. The molecular weight excluding hydrogens is 685 g/mol. The average Bonchev–Trinajstić information content (AvgIpc) is 3.11. The highest BCUT2D eigenvalue weighted by atomic mass is 31.2. The highest BCUT2D eigenvalue weighted by Crippen LogP contribution is 2.38. The molecule has 0 amide bonds. The molecule has 0 aliphatic rings. The van der Waals surface area contributed by atoms with Gasteiger partial charge >= 0.3 is 5.97 Å². The molecule has 0 aliphatic carbocycles. The molecule has 0 aromatic heterocycles. The number of phosphoric acid groups is 1. The van der Waals surface area contributed by atoms with E-state index in [1.165, 1.54) is 109 Å². The largest absolute Gasteiger partial charge is 0.756 e. The minimum Gasteiger partial charge on any atom is -0.756 e. The van der Waals surface area contributed by atoms with E-state index in [1.54, 1.807) is 6.26 Å². The van der Waals surface area contributed by atoms with E-state index >= 15 is 0 Å². The van der Waals surface area contributed by atoms with Gasteiger partial charge in [0, 0.05) is 6.42 Å². The Morgan fingerprint density at radius 2 is 1.06 bits per heavy atom. The van der Waals surface area contributed by atoms with Crippen LogP contribution in [0.1, 0.15) is 174 Å². The Labute approximate surface area is 327 Å². The van der Waals surface area contributed by atoms with Crippen molar-refractivity contribution in [3.63, 3.8) is 0 Å². The lowest BCUT2D eigenvalue weighted by atomic mass is 10.0. The summed E-state index contributed by atoms with van der Waals surface area (Å²) in [7, 11) is 1.34. The van der Waals surface area contributed by atoms with Gasteiger partial charge in [-0.2, -0.15) is 0 Å². The van der Waals surface area contributed by atoms with E-state index < -0.39 is 13.9 Å². The number of hydrogen-bond donors (Lipinski definition) is 0. The lowest BCUT2D eigenvalue weighted by Crippen LogP contribution is -2.37. The van der Waals surface area contributed by atoms with Gasteiger partial charge < -0.3 is 27.9 Å². The summed E-state index contributed by atoms with van der Waals surface area (Å²) in [6, 6.07) is 0. The third kappa shape index (κ3) is 41.3. The summed E-state index contributed by atoms with van der Waals surface area (Å²) < 4.78 is 34.3. The first-order valence-electron chi connectivity index (χ1n) is 21.4. The van der Waals surface area contributed by atoms with Gasteiger partial charge in [0.15, 0.2) is 6.10 Å². The Kier molecular flexibility index (Phi) is 36.0. The van der Waals surface area contributed by atoms with E-state index in [2.05, 4.69) is 50.3 Å². The minimum absolute atomic E-state index is 0.0205. The second-order valence-electron chi connectivity index (χ2n) is 15.4. The number of allylic oxidation sites excluding steroid dienone is 7. The van der Waals surface area contributed by atoms with Crippen LogP contribution < -0.4 is 4.89 Å². The summed E-state index contributed by atoms with van der Waals surface area (Å²) >= 11 is 0. The highest BCUT2D eigenvalue weighted by Gasteiger charge is 2.19. The molecule has 0 heterocycles. The average molecular weight is 768 g/mol. The molecule has 310 valence electrons. The van der Waals surface area contributed by atoms with Gasteiger partial charge in [-0.25, -0.2) is 0 Å². The van der Waals surface area contributed by atoms with Crippen LogP contribution >= 0.6 is 7.82 Å². The molecule has 0 spiro atoms. The lowest BCUT2D eigenvalue weighted by Gasteiger charge is -2.28. The molecule has 9 heteroatoms. The Morgan fingerprint density at radius 1 is 0.604 bits per heavy atom. The number of nitrogens with zero attached hydrogens (tertiary/aromatic N) is 1. The van der Waals surface area contributed by atoms with Crippen LogP contribution in [0.15, 0.2) is 48.8 Å². The molecule has 0 rings (SSSR count). The van der Waals surface area contributed by atoms with Crippen LogP contribution in [0.3, 0.4) is 0 Å². The Bertz CT molecular complexity index is 989. The fourth-order valence-corrected chi connectivity index (χ4v) is 6.26. The van der Waals surface area contributed by atoms with Crippen molar-refractivity contribution in [2.45, 2.75) is 180 Å². The molecule has 0 fully saturated rings. The van der Waals surface area contributed by atoms with Gasteiger partial charge in [-0.15, -0.1) is 0 Å². The predicted molar refractivity (Wildman–Crippen MR) is 222 cm³/mol. The normalized spacial score (nSPS) is 14.2. The number of quaternary nitrogens is 1. The third-order valence-corrected chi connectivity index (χ3v) is 9.94. The van der Waals surface area contributed by atoms with Gasteiger partial charge in [0.05, 0.1) is 34.0 Å². The standard InChI is InChI=1S/C44H82NO7P/c1-6-8-10-12-14-16-18-20-22-24-26-28-30-32-34-36-39-49-43(42-52-53(47,48)51-40-38-45(3,4)5)41-50-44(46)37-35-33-31-29-27-25-23-21-19-17-15-13-11-9-7-2/h15,17,21,23,27,29,36,39,43H,6-14,16,18-20,22,24-26,28,30-35,37-38,40-42H2,1-5H3/b17-15-,23-21-,29-27-,39-36-. The zero-order valence-electron chi connectivity index (χ0n) is 35.0. The number of esters is 1. The first-order valence-corrected chi connectivity index (χ1v) is 22.9.